The van der Waals surface area contributed by atoms with E-state index in [9.17, 15) is 4.79 Å². The maximum absolute atomic E-state index is 12.3. The first kappa shape index (κ1) is 17.9. The van der Waals surface area contributed by atoms with Crippen molar-refractivity contribution in [2.45, 2.75) is 23.9 Å². The molecule has 0 radical (unpaired) electrons. The van der Waals surface area contributed by atoms with Gasteiger partial charge in [-0.1, -0.05) is 6.07 Å². The standard InChI is InChI=1S/C20H19N3O2S/c1-13-11-14(2)22-20(21-13)26-18-9-7-16(8-10-18)23-19(24)15-5-4-6-17(12-15)25-3/h4-12H,1-3H3,(H,23,24). The Hall–Kier alpha value is -2.86. The van der Waals surface area contributed by atoms with E-state index in [1.54, 1.807) is 31.4 Å². The molecule has 1 amide bonds. The second kappa shape index (κ2) is 8.01. The van der Waals surface area contributed by atoms with Gasteiger partial charge in [0, 0.05) is 27.5 Å². The molecule has 3 rings (SSSR count). The molecule has 0 aliphatic carbocycles. The molecule has 26 heavy (non-hydrogen) atoms. The van der Waals surface area contributed by atoms with Gasteiger partial charge in [0.2, 0.25) is 0 Å². The molecule has 3 aromatic rings. The fraction of sp³-hybridized carbons (Fsp3) is 0.150. The topological polar surface area (TPSA) is 64.1 Å². The van der Waals surface area contributed by atoms with Crippen molar-refractivity contribution in [2.24, 2.45) is 0 Å². The molecule has 2 aromatic carbocycles. The highest BCUT2D eigenvalue weighted by molar-refractivity contribution is 7.99. The molecular formula is C20H19N3O2S. The summed E-state index contributed by atoms with van der Waals surface area (Å²) >= 11 is 1.49. The van der Waals surface area contributed by atoms with Gasteiger partial charge in [-0.05, 0) is 74.1 Å². The van der Waals surface area contributed by atoms with Crippen LogP contribution in [0.2, 0.25) is 0 Å². The number of anilines is 1. The molecule has 1 N–H and O–H groups in total. The Morgan fingerprint density at radius 1 is 1.00 bits per heavy atom. The number of ether oxygens (including phenoxy) is 1. The Morgan fingerprint density at radius 2 is 1.69 bits per heavy atom. The van der Waals surface area contributed by atoms with Crippen LogP contribution in [0.15, 0.2) is 64.6 Å². The Morgan fingerprint density at radius 3 is 2.35 bits per heavy atom. The molecule has 0 fully saturated rings. The van der Waals surface area contributed by atoms with Crippen molar-refractivity contribution >= 4 is 23.4 Å². The summed E-state index contributed by atoms with van der Waals surface area (Å²) in [5.74, 6) is 0.472. The number of methoxy groups -OCH3 is 1. The average Bonchev–Trinajstić information content (AvgIpc) is 2.62. The number of amides is 1. The van der Waals surface area contributed by atoms with Crippen molar-refractivity contribution in [3.8, 4) is 5.75 Å². The van der Waals surface area contributed by atoms with Gasteiger partial charge < -0.3 is 10.1 Å². The zero-order valence-corrected chi connectivity index (χ0v) is 15.6. The van der Waals surface area contributed by atoms with Gasteiger partial charge in [-0.15, -0.1) is 0 Å². The molecule has 5 nitrogen and oxygen atoms in total. The molecule has 0 bridgehead atoms. The highest BCUT2D eigenvalue weighted by Gasteiger charge is 2.08. The average molecular weight is 365 g/mol. The van der Waals surface area contributed by atoms with Gasteiger partial charge >= 0.3 is 0 Å². The number of hydrogen-bond donors (Lipinski definition) is 1. The smallest absolute Gasteiger partial charge is 0.255 e. The van der Waals surface area contributed by atoms with Gasteiger partial charge in [-0.2, -0.15) is 0 Å². The Kier molecular flexibility index (Phi) is 5.53. The van der Waals surface area contributed by atoms with Crippen LogP contribution in [0.3, 0.4) is 0 Å². The van der Waals surface area contributed by atoms with Crippen LogP contribution in [0.4, 0.5) is 5.69 Å². The van der Waals surface area contributed by atoms with Crippen LogP contribution in [-0.2, 0) is 0 Å². The third-order valence-corrected chi connectivity index (χ3v) is 4.49. The number of carbonyl (C=O) groups is 1. The van der Waals surface area contributed by atoms with Gasteiger partial charge in [0.25, 0.3) is 5.91 Å². The molecule has 0 atom stereocenters. The number of hydrogen-bond acceptors (Lipinski definition) is 5. The lowest BCUT2D eigenvalue weighted by atomic mass is 10.2. The van der Waals surface area contributed by atoms with Crippen LogP contribution in [0, 0.1) is 13.8 Å². The normalized spacial score (nSPS) is 10.4. The highest BCUT2D eigenvalue weighted by atomic mass is 32.2. The number of carbonyl (C=O) groups excluding carboxylic acids is 1. The van der Waals surface area contributed by atoms with Gasteiger partial charge in [0.1, 0.15) is 5.75 Å². The van der Waals surface area contributed by atoms with Crippen molar-refractivity contribution in [1.29, 1.82) is 0 Å². The fourth-order valence-corrected chi connectivity index (χ4v) is 3.28. The first-order valence-corrected chi connectivity index (χ1v) is 8.91. The summed E-state index contributed by atoms with van der Waals surface area (Å²) in [6.07, 6.45) is 0. The number of rotatable bonds is 5. The largest absolute Gasteiger partial charge is 0.497 e. The Bertz CT molecular complexity index is 906. The molecule has 132 valence electrons. The predicted octanol–water partition coefficient (Wildman–Crippen LogP) is 4.51. The third-order valence-electron chi connectivity index (χ3n) is 3.62. The van der Waals surface area contributed by atoms with E-state index in [4.69, 9.17) is 4.74 Å². The van der Waals surface area contributed by atoms with Crippen LogP contribution < -0.4 is 10.1 Å². The second-order valence-electron chi connectivity index (χ2n) is 5.75. The zero-order chi connectivity index (χ0) is 18.5. The third kappa shape index (κ3) is 4.61. The van der Waals surface area contributed by atoms with Crippen LogP contribution in [0.5, 0.6) is 5.75 Å². The first-order valence-electron chi connectivity index (χ1n) is 8.09. The number of nitrogens with one attached hydrogen (secondary N) is 1. The lowest BCUT2D eigenvalue weighted by molar-refractivity contribution is 0.102. The summed E-state index contributed by atoms with van der Waals surface area (Å²) < 4.78 is 5.15. The van der Waals surface area contributed by atoms with Crippen molar-refractivity contribution in [2.75, 3.05) is 12.4 Å². The highest BCUT2D eigenvalue weighted by Crippen LogP contribution is 2.26. The summed E-state index contributed by atoms with van der Waals surface area (Å²) in [4.78, 5) is 22.2. The van der Waals surface area contributed by atoms with E-state index in [0.29, 0.717) is 11.3 Å². The predicted molar refractivity (Wildman–Crippen MR) is 103 cm³/mol. The summed E-state index contributed by atoms with van der Waals surface area (Å²) in [5, 5.41) is 3.60. The molecule has 1 heterocycles. The number of aromatic nitrogens is 2. The first-order chi connectivity index (χ1) is 12.5. The lowest BCUT2D eigenvalue weighted by Crippen LogP contribution is -2.11. The van der Waals surface area contributed by atoms with Crippen LogP contribution in [0.1, 0.15) is 21.7 Å². The van der Waals surface area contributed by atoms with Gasteiger partial charge in [0.05, 0.1) is 7.11 Å². The minimum Gasteiger partial charge on any atom is -0.497 e. The molecule has 1 aromatic heterocycles. The molecule has 0 spiro atoms. The number of nitrogens with zero attached hydrogens (tertiary/aromatic N) is 2. The SMILES string of the molecule is COc1cccc(C(=O)Nc2ccc(Sc3nc(C)cc(C)n3)cc2)c1. The minimum absolute atomic E-state index is 0.179. The zero-order valence-electron chi connectivity index (χ0n) is 14.8. The van der Waals surface area contributed by atoms with Crippen LogP contribution in [-0.4, -0.2) is 23.0 Å². The Balaban J connectivity index is 1.68. The maximum atomic E-state index is 12.3. The summed E-state index contributed by atoms with van der Waals surface area (Å²) in [5.41, 5.74) is 3.17. The minimum atomic E-state index is -0.179. The molecule has 6 heteroatoms. The van der Waals surface area contributed by atoms with Crippen molar-refractivity contribution < 1.29 is 9.53 Å². The fourth-order valence-electron chi connectivity index (χ4n) is 2.42. The number of aryl methyl sites for hydroxylation is 2. The monoisotopic (exact) mass is 365 g/mol. The van der Waals surface area contributed by atoms with E-state index < -0.39 is 0 Å². The van der Waals surface area contributed by atoms with E-state index in [2.05, 4.69) is 15.3 Å². The van der Waals surface area contributed by atoms with E-state index in [0.717, 1.165) is 27.1 Å². The van der Waals surface area contributed by atoms with Gasteiger partial charge in [-0.25, -0.2) is 9.97 Å². The van der Waals surface area contributed by atoms with Gasteiger partial charge in [-0.3, -0.25) is 4.79 Å². The maximum Gasteiger partial charge on any atom is 0.255 e. The van der Waals surface area contributed by atoms with E-state index in [1.165, 1.54) is 11.8 Å². The summed E-state index contributed by atoms with van der Waals surface area (Å²) in [7, 11) is 1.58. The lowest BCUT2D eigenvalue weighted by Gasteiger charge is -2.08. The molecule has 0 aliphatic rings. The van der Waals surface area contributed by atoms with Crippen LogP contribution in [0.25, 0.3) is 0 Å². The number of benzene rings is 2. The van der Waals surface area contributed by atoms with Crippen LogP contribution >= 0.6 is 11.8 Å². The van der Waals surface area contributed by atoms with Gasteiger partial charge in [0.15, 0.2) is 5.16 Å². The molecule has 0 unspecified atom stereocenters. The molecule has 0 aliphatic heterocycles. The van der Waals surface area contributed by atoms with Crippen molar-refractivity contribution in [3.05, 3.63) is 71.5 Å². The summed E-state index contributed by atoms with van der Waals surface area (Å²) in [6.45, 7) is 3.91. The summed E-state index contributed by atoms with van der Waals surface area (Å²) in [6, 6.07) is 16.6. The van der Waals surface area contributed by atoms with E-state index in [1.807, 2.05) is 44.2 Å². The van der Waals surface area contributed by atoms with E-state index in [-0.39, 0.29) is 5.91 Å². The molecule has 0 saturated heterocycles. The van der Waals surface area contributed by atoms with Crippen molar-refractivity contribution in [3.63, 3.8) is 0 Å². The molecule has 0 saturated carbocycles. The van der Waals surface area contributed by atoms with E-state index >= 15 is 0 Å². The Labute approximate surface area is 156 Å². The molecular weight excluding hydrogens is 346 g/mol. The quantitative estimate of drug-likeness (QED) is 0.674. The second-order valence-corrected chi connectivity index (χ2v) is 6.79. The van der Waals surface area contributed by atoms with Crippen molar-refractivity contribution in [1.82, 2.24) is 9.97 Å².